The van der Waals surface area contributed by atoms with Gasteiger partial charge >= 0.3 is 0 Å². The van der Waals surface area contributed by atoms with Crippen LogP contribution in [0.2, 0.25) is 0 Å². The van der Waals surface area contributed by atoms with Crippen LogP contribution in [-0.4, -0.2) is 46.0 Å². The van der Waals surface area contributed by atoms with Crippen LogP contribution >= 0.6 is 11.3 Å². The van der Waals surface area contributed by atoms with Crippen LogP contribution in [0.1, 0.15) is 5.82 Å². The summed E-state index contributed by atoms with van der Waals surface area (Å²) in [6.07, 6.45) is 0. The number of benzene rings is 2. The zero-order valence-corrected chi connectivity index (χ0v) is 15.6. The third kappa shape index (κ3) is 3.20. The van der Waals surface area contributed by atoms with E-state index in [4.69, 9.17) is 4.98 Å². The lowest BCUT2D eigenvalue weighted by Crippen LogP contribution is -2.46. The maximum Gasteiger partial charge on any atom is 0.258 e. The van der Waals surface area contributed by atoms with E-state index in [1.165, 1.54) is 4.70 Å². The highest BCUT2D eigenvalue weighted by Crippen LogP contribution is 2.29. The summed E-state index contributed by atoms with van der Waals surface area (Å²) >= 11 is 1.75. The highest BCUT2D eigenvalue weighted by molar-refractivity contribution is 7.22. The number of nitrogens with zero attached hydrogens (tertiary/aromatic N) is 4. The van der Waals surface area contributed by atoms with Gasteiger partial charge in [-0.1, -0.05) is 35.6 Å². The highest BCUT2D eigenvalue weighted by Gasteiger charge is 2.20. The Morgan fingerprint density at radius 2 is 1.67 bits per heavy atom. The summed E-state index contributed by atoms with van der Waals surface area (Å²) in [6, 6.07) is 15.7. The van der Waals surface area contributed by atoms with Gasteiger partial charge in [0.2, 0.25) is 0 Å². The molecule has 0 aliphatic carbocycles. The van der Waals surface area contributed by atoms with Crippen LogP contribution in [0.5, 0.6) is 0 Å². The van der Waals surface area contributed by atoms with Crippen molar-refractivity contribution in [3.63, 3.8) is 0 Å². The molecule has 4 aromatic rings. The first-order valence-corrected chi connectivity index (χ1v) is 9.89. The van der Waals surface area contributed by atoms with Crippen LogP contribution in [0.15, 0.2) is 53.3 Å². The van der Waals surface area contributed by atoms with Crippen LogP contribution in [0.3, 0.4) is 0 Å². The van der Waals surface area contributed by atoms with Gasteiger partial charge in [0.25, 0.3) is 5.56 Å². The molecule has 136 valence electrons. The molecule has 2 aromatic carbocycles. The molecular formula is C20H19N5OS. The van der Waals surface area contributed by atoms with Gasteiger partial charge in [-0.15, -0.1) is 0 Å². The van der Waals surface area contributed by atoms with E-state index in [9.17, 15) is 4.79 Å². The number of fused-ring (bicyclic) bond motifs is 2. The lowest BCUT2D eigenvalue weighted by atomic mass is 10.2. The van der Waals surface area contributed by atoms with Gasteiger partial charge in [0.1, 0.15) is 5.82 Å². The average Bonchev–Trinajstić information content (AvgIpc) is 3.13. The Kier molecular flexibility index (Phi) is 4.10. The Balaban J connectivity index is 1.29. The summed E-state index contributed by atoms with van der Waals surface area (Å²) in [5.74, 6) is 0.729. The number of rotatable bonds is 3. The summed E-state index contributed by atoms with van der Waals surface area (Å²) in [5, 5.41) is 1.73. The minimum Gasteiger partial charge on any atom is -0.345 e. The van der Waals surface area contributed by atoms with Crippen molar-refractivity contribution in [1.82, 2.24) is 19.9 Å². The van der Waals surface area contributed by atoms with Gasteiger partial charge in [0.15, 0.2) is 5.13 Å². The second-order valence-electron chi connectivity index (χ2n) is 6.76. The molecule has 0 saturated carbocycles. The number of aromatic amines is 1. The van der Waals surface area contributed by atoms with Gasteiger partial charge < -0.3 is 9.88 Å². The van der Waals surface area contributed by atoms with Crippen molar-refractivity contribution in [3.8, 4) is 0 Å². The molecule has 0 spiro atoms. The van der Waals surface area contributed by atoms with E-state index in [0.717, 1.165) is 48.2 Å². The average molecular weight is 377 g/mol. The molecule has 1 aliphatic heterocycles. The van der Waals surface area contributed by atoms with Crippen molar-refractivity contribution >= 4 is 37.6 Å². The molecule has 1 N–H and O–H groups in total. The first-order chi connectivity index (χ1) is 13.3. The van der Waals surface area contributed by atoms with Gasteiger partial charge in [-0.25, -0.2) is 9.97 Å². The minimum atomic E-state index is -0.0660. The molecule has 1 aliphatic rings. The van der Waals surface area contributed by atoms with Gasteiger partial charge in [-0.3, -0.25) is 9.69 Å². The van der Waals surface area contributed by atoms with E-state index in [1.54, 1.807) is 11.3 Å². The predicted molar refractivity (Wildman–Crippen MR) is 109 cm³/mol. The Hall–Kier alpha value is -2.77. The summed E-state index contributed by atoms with van der Waals surface area (Å²) in [4.78, 5) is 29.2. The van der Waals surface area contributed by atoms with Crippen LogP contribution in [-0.2, 0) is 6.54 Å². The molecule has 27 heavy (non-hydrogen) atoms. The number of para-hydroxylation sites is 2. The smallest absolute Gasteiger partial charge is 0.258 e. The second kappa shape index (κ2) is 6.75. The summed E-state index contributed by atoms with van der Waals surface area (Å²) < 4.78 is 1.23. The summed E-state index contributed by atoms with van der Waals surface area (Å²) in [6.45, 7) is 4.36. The maximum atomic E-state index is 12.2. The quantitative estimate of drug-likeness (QED) is 0.595. The SMILES string of the molecule is O=c1[nH]c(CN2CCN(c3nc4ccccc4s3)CC2)nc2ccccc12. The molecule has 5 rings (SSSR count). The number of H-pyrrole nitrogens is 1. The molecule has 2 aromatic heterocycles. The Morgan fingerprint density at radius 3 is 2.48 bits per heavy atom. The first kappa shape index (κ1) is 16.4. The molecule has 0 unspecified atom stereocenters. The number of nitrogens with one attached hydrogen (secondary N) is 1. The van der Waals surface area contributed by atoms with Crippen molar-refractivity contribution in [2.45, 2.75) is 6.54 Å². The fourth-order valence-electron chi connectivity index (χ4n) is 3.51. The predicted octanol–water partition coefficient (Wildman–Crippen LogP) is 2.86. The van der Waals surface area contributed by atoms with E-state index in [0.29, 0.717) is 11.9 Å². The van der Waals surface area contributed by atoms with Crippen LogP contribution < -0.4 is 10.5 Å². The zero-order chi connectivity index (χ0) is 18.2. The van der Waals surface area contributed by atoms with Crippen LogP contribution in [0.4, 0.5) is 5.13 Å². The highest BCUT2D eigenvalue weighted by atomic mass is 32.1. The zero-order valence-electron chi connectivity index (χ0n) is 14.8. The van der Waals surface area contributed by atoms with E-state index < -0.39 is 0 Å². The monoisotopic (exact) mass is 377 g/mol. The third-order valence-corrected chi connectivity index (χ3v) is 6.06. The van der Waals surface area contributed by atoms with E-state index in [2.05, 4.69) is 38.0 Å². The molecule has 0 bridgehead atoms. The third-order valence-electron chi connectivity index (χ3n) is 4.96. The van der Waals surface area contributed by atoms with Gasteiger partial charge in [-0.2, -0.15) is 0 Å². The summed E-state index contributed by atoms with van der Waals surface area (Å²) in [5.41, 5.74) is 1.76. The van der Waals surface area contributed by atoms with Crippen LogP contribution in [0.25, 0.3) is 21.1 Å². The van der Waals surface area contributed by atoms with Crippen molar-refractivity contribution in [3.05, 3.63) is 64.7 Å². The maximum absolute atomic E-state index is 12.2. The largest absolute Gasteiger partial charge is 0.345 e. The Bertz CT molecular complexity index is 1130. The lowest BCUT2D eigenvalue weighted by Gasteiger charge is -2.34. The van der Waals surface area contributed by atoms with E-state index in [1.807, 2.05) is 30.3 Å². The molecule has 6 nitrogen and oxygen atoms in total. The number of aromatic nitrogens is 3. The minimum absolute atomic E-state index is 0.0660. The topological polar surface area (TPSA) is 65.1 Å². The molecule has 0 atom stereocenters. The fourth-order valence-corrected chi connectivity index (χ4v) is 4.53. The fraction of sp³-hybridized carbons (Fsp3) is 0.250. The van der Waals surface area contributed by atoms with Crippen molar-refractivity contribution in [2.24, 2.45) is 0 Å². The van der Waals surface area contributed by atoms with Gasteiger partial charge in [-0.05, 0) is 24.3 Å². The van der Waals surface area contributed by atoms with Crippen molar-refractivity contribution in [2.75, 3.05) is 31.1 Å². The molecule has 3 heterocycles. The second-order valence-corrected chi connectivity index (χ2v) is 7.77. The van der Waals surface area contributed by atoms with Crippen molar-refractivity contribution < 1.29 is 0 Å². The molecule has 1 fully saturated rings. The lowest BCUT2D eigenvalue weighted by molar-refractivity contribution is 0.244. The normalized spacial score (nSPS) is 15.6. The van der Waals surface area contributed by atoms with E-state index in [-0.39, 0.29) is 5.56 Å². The molecule has 7 heteroatoms. The van der Waals surface area contributed by atoms with E-state index >= 15 is 0 Å². The number of piperazine rings is 1. The van der Waals surface area contributed by atoms with Gasteiger partial charge in [0.05, 0.1) is 27.7 Å². The molecule has 0 amide bonds. The number of anilines is 1. The van der Waals surface area contributed by atoms with Crippen molar-refractivity contribution in [1.29, 1.82) is 0 Å². The molecule has 0 radical (unpaired) electrons. The summed E-state index contributed by atoms with van der Waals surface area (Å²) in [7, 11) is 0. The molecular weight excluding hydrogens is 358 g/mol. The number of hydrogen-bond acceptors (Lipinski definition) is 6. The Morgan fingerprint density at radius 1 is 0.926 bits per heavy atom. The first-order valence-electron chi connectivity index (χ1n) is 9.07. The number of hydrogen-bond donors (Lipinski definition) is 1. The Labute approximate surface area is 160 Å². The number of thiazole rings is 1. The molecule has 1 saturated heterocycles. The standard InChI is InChI=1S/C20H19N5OS/c26-19-14-5-1-2-6-15(14)21-18(23-19)13-24-9-11-25(12-10-24)20-22-16-7-3-4-8-17(16)27-20/h1-8H,9-13H2,(H,21,23,26). The van der Waals surface area contributed by atoms with Crippen LogP contribution in [0, 0.1) is 0 Å². The van der Waals surface area contributed by atoms with Gasteiger partial charge in [0, 0.05) is 26.2 Å².